The average molecular weight is 468 g/mol. The van der Waals surface area contributed by atoms with Gasteiger partial charge in [-0.3, -0.25) is 0 Å². The zero-order valence-electron chi connectivity index (χ0n) is 19.5. The lowest BCUT2D eigenvalue weighted by Gasteiger charge is -2.43. The van der Waals surface area contributed by atoms with Gasteiger partial charge in [-0.1, -0.05) is 60.7 Å². The summed E-state index contributed by atoms with van der Waals surface area (Å²) in [7, 11) is 1.63. The zero-order chi connectivity index (χ0) is 24.3. The van der Waals surface area contributed by atoms with Crippen LogP contribution in [0.2, 0.25) is 0 Å². The van der Waals surface area contributed by atoms with E-state index in [-0.39, 0.29) is 12.6 Å². The van der Waals surface area contributed by atoms with E-state index in [4.69, 9.17) is 9.47 Å². The van der Waals surface area contributed by atoms with Gasteiger partial charge < -0.3 is 19.3 Å². The number of quaternary nitrogens is 1. The van der Waals surface area contributed by atoms with Gasteiger partial charge in [0.05, 0.1) is 12.7 Å². The molecule has 6 heteroatoms. The summed E-state index contributed by atoms with van der Waals surface area (Å²) in [5, 5.41) is 16.2. The van der Waals surface area contributed by atoms with Crippen molar-refractivity contribution in [1.82, 2.24) is 0 Å². The van der Waals surface area contributed by atoms with E-state index < -0.39 is 4.65 Å². The van der Waals surface area contributed by atoms with Crippen molar-refractivity contribution in [3.05, 3.63) is 124 Å². The fourth-order valence-electron chi connectivity index (χ4n) is 4.68. The van der Waals surface area contributed by atoms with Gasteiger partial charge in [0.15, 0.2) is 6.10 Å². The van der Waals surface area contributed by atoms with Crippen LogP contribution in [0.3, 0.4) is 0 Å². The highest BCUT2D eigenvalue weighted by atomic mass is 16.6. The first-order valence-electron chi connectivity index (χ1n) is 11.6. The second-order valence-electron chi connectivity index (χ2n) is 8.89. The number of hydrogen-bond donors (Lipinski definition) is 1. The molecule has 35 heavy (non-hydrogen) atoms. The minimum Gasteiger partial charge on any atom is -0.632 e. The highest BCUT2D eigenvalue weighted by molar-refractivity contribution is 5.72. The minimum atomic E-state index is -0.439. The second kappa shape index (κ2) is 9.70. The Morgan fingerprint density at radius 2 is 1.66 bits per heavy atom. The summed E-state index contributed by atoms with van der Waals surface area (Å²) >= 11 is 0. The lowest BCUT2D eigenvalue weighted by Crippen LogP contribution is -2.56. The van der Waals surface area contributed by atoms with Crippen molar-refractivity contribution in [2.75, 3.05) is 13.7 Å². The predicted octanol–water partition coefficient (Wildman–Crippen LogP) is 4.99. The van der Waals surface area contributed by atoms with Gasteiger partial charge in [0.2, 0.25) is 0 Å². The van der Waals surface area contributed by atoms with Gasteiger partial charge in [0.25, 0.3) is 5.69 Å². The molecular formula is C29H27N2O4+. The molecular weight excluding hydrogens is 440 g/mol. The maximum absolute atomic E-state index is 14.2. The third kappa shape index (κ3) is 4.94. The van der Waals surface area contributed by atoms with E-state index >= 15 is 0 Å². The Morgan fingerprint density at radius 3 is 2.40 bits per heavy atom. The number of nitrogens with zero attached hydrogens (tertiary/aromatic N) is 1. The summed E-state index contributed by atoms with van der Waals surface area (Å²) in [4.78, 5) is 11.3. The number of fused-ring (bicyclic) bond motifs is 1. The normalized spacial score (nSPS) is 19.2. The number of nitrogens with one attached hydrogen (secondary N) is 1. The van der Waals surface area contributed by atoms with E-state index in [1.165, 1.54) is 0 Å². The largest absolute Gasteiger partial charge is 0.632 e. The topological polar surface area (TPSA) is 72.6 Å². The first-order valence-corrected chi connectivity index (χ1v) is 11.6. The standard InChI is InChI=1S/C29H26N2O4/c1-34-25-16-14-23(15-17-25)29-20-31(33,19-24-6-2-5-9-28(24)35-29)18-21-10-12-22(13-11-21)26-7-3-4-8-27(26)30-32/h2-17,29H,18-20H2,1H3/p+1. The molecule has 1 aliphatic heterocycles. The minimum absolute atomic E-state index is 0.283. The van der Waals surface area contributed by atoms with Crippen molar-refractivity contribution in [3.8, 4) is 22.6 Å². The Labute approximate surface area is 204 Å². The van der Waals surface area contributed by atoms with Gasteiger partial charge in [-0.2, -0.15) is 0 Å². The van der Waals surface area contributed by atoms with Crippen LogP contribution in [0, 0.1) is 10.1 Å². The molecule has 0 spiro atoms. The summed E-state index contributed by atoms with van der Waals surface area (Å²) < 4.78 is 11.2. The van der Waals surface area contributed by atoms with Crippen LogP contribution >= 0.6 is 0 Å². The molecule has 1 aliphatic rings. The fraction of sp³-hybridized carbons (Fsp3) is 0.172. The Hall–Kier alpha value is -4.00. The maximum atomic E-state index is 14.2. The molecule has 1 N–H and O–H groups in total. The molecule has 1 heterocycles. The van der Waals surface area contributed by atoms with Crippen LogP contribution in [0.1, 0.15) is 22.8 Å². The molecule has 2 unspecified atom stereocenters. The van der Waals surface area contributed by atoms with E-state index in [0.29, 0.717) is 18.8 Å². The van der Waals surface area contributed by atoms with E-state index in [2.05, 4.69) is 0 Å². The van der Waals surface area contributed by atoms with Crippen molar-refractivity contribution in [3.63, 3.8) is 0 Å². The predicted molar refractivity (Wildman–Crippen MR) is 135 cm³/mol. The molecule has 0 amide bonds. The molecule has 4 aromatic rings. The van der Waals surface area contributed by atoms with E-state index in [1.54, 1.807) is 13.2 Å². The first-order chi connectivity index (χ1) is 17.1. The molecule has 0 radical (unpaired) electrons. The zero-order valence-corrected chi connectivity index (χ0v) is 19.5. The van der Waals surface area contributed by atoms with Crippen LogP contribution in [-0.4, -0.2) is 18.3 Å². The molecule has 0 aliphatic carbocycles. The highest BCUT2D eigenvalue weighted by Gasteiger charge is 2.31. The van der Waals surface area contributed by atoms with Crippen molar-refractivity contribution in [2.24, 2.45) is 0 Å². The molecule has 0 saturated heterocycles. The van der Waals surface area contributed by atoms with Crippen molar-refractivity contribution in [1.29, 1.82) is 0 Å². The quantitative estimate of drug-likeness (QED) is 0.320. The van der Waals surface area contributed by atoms with Crippen LogP contribution in [-0.2, 0) is 13.1 Å². The number of hydrogen-bond acceptors (Lipinski definition) is 4. The molecule has 0 fully saturated rings. The summed E-state index contributed by atoms with van der Waals surface area (Å²) in [6, 6.07) is 30.7. The lowest BCUT2D eigenvalue weighted by molar-refractivity contribution is -0.909. The molecule has 2 atom stereocenters. The van der Waals surface area contributed by atoms with Gasteiger partial charge >= 0.3 is 0 Å². The van der Waals surface area contributed by atoms with Crippen LogP contribution in [0.25, 0.3) is 11.1 Å². The van der Waals surface area contributed by atoms with Crippen molar-refractivity contribution >= 4 is 5.69 Å². The molecule has 176 valence electrons. The Kier molecular flexibility index (Phi) is 6.31. The smallest absolute Gasteiger partial charge is 0.261 e. The molecule has 0 aromatic heterocycles. The molecule has 5 rings (SSSR count). The molecule has 4 aromatic carbocycles. The van der Waals surface area contributed by atoms with Crippen LogP contribution < -0.4 is 14.7 Å². The highest BCUT2D eigenvalue weighted by Crippen LogP contribution is 2.36. The number of methoxy groups -OCH3 is 1. The number of ether oxygens (including phenoxy) is 2. The Bertz CT molecular complexity index is 1320. The van der Waals surface area contributed by atoms with E-state index in [0.717, 1.165) is 39.3 Å². The van der Waals surface area contributed by atoms with Gasteiger partial charge in [0, 0.05) is 27.3 Å². The maximum Gasteiger partial charge on any atom is 0.261 e. The average Bonchev–Trinajstić information content (AvgIpc) is 3.04. The number of para-hydroxylation sites is 2. The third-order valence-electron chi connectivity index (χ3n) is 6.46. The number of rotatable bonds is 6. The van der Waals surface area contributed by atoms with Crippen molar-refractivity contribution < 1.29 is 19.3 Å². The van der Waals surface area contributed by atoms with Gasteiger partial charge in [0.1, 0.15) is 31.1 Å². The molecule has 0 saturated carbocycles. The van der Waals surface area contributed by atoms with Crippen LogP contribution in [0.5, 0.6) is 11.5 Å². The Balaban J connectivity index is 1.44. The van der Waals surface area contributed by atoms with Gasteiger partial charge in [-0.05, 0) is 41.5 Å². The van der Waals surface area contributed by atoms with Crippen LogP contribution in [0.4, 0.5) is 5.69 Å². The van der Waals surface area contributed by atoms with E-state index in [9.17, 15) is 10.1 Å². The van der Waals surface area contributed by atoms with E-state index in [1.807, 2.05) is 96.2 Å². The van der Waals surface area contributed by atoms with Crippen LogP contribution in [0.15, 0.2) is 97.1 Å². The fourth-order valence-corrected chi connectivity index (χ4v) is 4.68. The Morgan fingerprint density at radius 1 is 0.943 bits per heavy atom. The van der Waals surface area contributed by atoms with Crippen molar-refractivity contribution in [2.45, 2.75) is 19.2 Å². The third-order valence-corrected chi connectivity index (χ3v) is 6.46. The second-order valence-corrected chi connectivity index (χ2v) is 8.89. The summed E-state index contributed by atoms with van der Waals surface area (Å²) in [5.41, 5.74) is 5.06. The lowest BCUT2D eigenvalue weighted by atomic mass is 10.0. The summed E-state index contributed by atoms with van der Waals surface area (Å²) in [5.74, 6) is 1.51. The molecule has 0 bridgehead atoms. The SMILES string of the molecule is COc1ccc(C2C[N+]([O-])(Cc3ccc(-c4ccccc4[NH+]=O)cc3)Cc3ccccc3O2)cc1. The number of hydroxylamine groups is 3. The van der Waals surface area contributed by atoms with Gasteiger partial charge in [-0.25, -0.2) is 0 Å². The molecule has 6 nitrogen and oxygen atoms in total. The number of nitroso groups, excluding NO2 is 1. The number of benzene rings is 4. The first kappa shape index (κ1) is 22.8. The summed E-state index contributed by atoms with van der Waals surface area (Å²) in [6.45, 7) is 0.922. The monoisotopic (exact) mass is 467 g/mol. The van der Waals surface area contributed by atoms with Gasteiger partial charge in [-0.15, -0.1) is 0 Å². The summed E-state index contributed by atoms with van der Waals surface area (Å²) in [6.07, 6.45) is -0.378.